The number of ether oxygens (including phenoxy) is 1. The molecule has 1 aromatic heterocycles. The number of fused-ring (bicyclic) bond motifs is 1. The first-order valence-corrected chi connectivity index (χ1v) is 7.54. The van der Waals surface area contributed by atoms with Crippen molar-refractivity contribution in [1.29, 1.82) is 5.26 Å². The Kier molecular flexibility index (Phi) is 3.89. The highest BCUT2D eigenvalue weighted by Gasteiger charge is 2.31. The second-order valence-electron chi connectivity index (χ2n) is 5.77. The van der Waals surface area contributed by atoms with Gasteiger partial charge in [-0.2, -0.15) is 5.26 Å². The van der Waals surface area contributed by atoms with Gasteiger partial charge in [0.1, 0.15) is 6.07 Å². The number of carbonyl (C=O) groups excluding carboxylic acids is 1. The Bertz CT molecular complexity index is 606. The number of nitriles is 1. The van der Waals surface area contributed by atoms with Gasteiger partial charge in [0.05, 0.1) is 17.6 Å². The molecular formula is C16H19N3O2. The molecule has 5 heteroatoms. The highest BCUT2D eigenvalue weighted by molar-refractivity contribution is 5.93. The van der Waals surface area contributed by atoms with Gasteiger partial charge in [-0.05, 0) is 50.7 Å². The number of nitrogens with zero attached hydrogens (tertiary/aromatic N) is 2. The SMILES string of the molecule is C[C@H]1OCC[C@H]1C(=O)Nc1nc2c(cc1C#N)CCCC2. The van der Waals surface area contributed by atoms with Gasteiger partial charge in [-0.25, -0.2) is 4.98 Å². The van der Waals surface area contributed by atoms with E-state index in [-0.39, 0.29) is 17.9 Å². The van der Waals surface area contributed by atoms with Crippen LogP contribution >= 0.6 is 0 Å². The van der Waals surface area contributed by atoms with Gasteiger partial charge in [-0.15, -0.1) is 0 Å². The molecule has 1 fully saturated rings. The van der Waals surface area contributed by atoms with E-state index in [1.165, 1.54) is 0 Å². The van der Waals surface area contributed by atoms with E-state index >= 15 is 0 Å². The molecule has 2 aliphatic rings. The lowest BCUT2D eigenvalue weighted by Crippen LogP contribution is -2.28. The van der Waals surface area contributed by atoms with Crippen molar-refractivity contribution in [3.05, 3.63) is 22.9 Å². The second-order valence-corrected chi connectivity index (χ2v) is 5.77. The van der Waals surface area contributed by atoms with E-state index in [1.807, 2.05) is 13.0 Å². The van der Waals surface area contributed by atoms with Crippen LogP contribution < -0.4 is 5.32 Å². The first-order chi connectivity index (χ1) is 10.2. The molecule has 2 atom stereocenters. The van der Waals surface area contributed by atoms with Crippen molar-refractivity contribution in [2.45, 2.75) is 45.1 Å². The zero-order valence-corrected chi connectivity index (χ0v) is 12.2. The topological polar surface area (TPSA) is 75.0 Å². The Morgan fingerprint density at radius 1 is 1.48 bits per heavy atom. The summed E-state index contributed by atoms with van der Waals surface area (Å²) in [5.74, 6) is 0.149. The van der Waals surface area contributed by atoms with E-state index in [1.54, 1.807) is 0 Å². The minimum Gasteiger partial charge on any atom is -0.378 e. The second kappa shape index (κ2) is 5.82. The molecule has 1 aliphatic heterocycles. The highest BCUT2D eigenvalue weighted by atomic mass is 16.5. The summed E-state index contributed by atoms with van der Waals surface area (Å²) in [6.07, 6.45) is 4.80. The summed E-state index contributed by atoms with van der Waals surface area (Å²) in [6.45, 7) is 2.52. The Morgan fingerprint density at radius 2 is 2.29 bits per heavy atom. The van der Waals surface area contributed by atoms with E-state index in [2.05, 4.69) is 16.4 Å². The first kappa shape index (κ1) is 14.0. The average Bonchev–Trinajstić information content (AvgIpc) is 2.92. The standard InChI is InChI=1S/C16H19N3O2/c1-10-13(6-7-21-10)16(20)19-15-12(9-17)8-11-4-2-3-5-14(11)18-15/h8,10,13H,2-7H2,1H3,(H,18,19,20)/t10-,13-/m1/s1. The normalized spacial score (nSPS) is 24.2. The number of anilines is 1. The number of amides is 1. The number of hydrogen-bond donors (Lipinski definition) is 1. The molecule has 21 heavy (non-hydrogen) atoms. The molecule has 0 bridgehead atoms. The van der Waals surface area contributed by atoms with Gasteiger partial charge in [0.25, 0.3) is 0 Å². The lowest BCUT2D eigenvalue weighted by molar-refractivity contribution is -0.121. The third-order valence-corrected chi connectivity index (χ3v) is 4.38. The van der Waals surface area contributed by atoms with Gasteiger partial charge in [-0.1, -0.05) is 0 Å². The molecule has 5 nitrogen and oxygen atoms in total. The van der Waals surface area contributed by atoms with Crippen LogP contribution in [0.5, 0.6) is 0 Å². The summed E-state index contributed by atoms with van der Waals surface area (Å²) in [7, 11) is 0. The smallest absolute Gasteiger partial charge is 0.231 e. The van der Waals surface area contributed by atoms with Crippen LogP contribution in [-0.2, 0) is 22.4 Å². The van der Waals surface area contributed by atoms with E-state index in [9.17, 15) is 10.1 Å². The maximum Gasteiger partial charge on any atom is 0.231 e. The van der Waals surface area contributed by atoms with Gasteiger partial charge in [-0.3, -0.25) is 4.79 Å². The van der Waals surface area contributed by atoms with Crippen LogP contribution in [-0.4, -0.2) is 23.6 Å². The van der Waals surface area contributed by atoms with E-state index in [4.69, 9.17) is 4.74 Å². The van der Waals surface area contributed by atoms with Crippen molar-refractivity contribution >= 4 is 11.7 Å². The number of hydrogen-bond acceptors (Lipinski definition) is 4. The summed E-state index contributed by atoms with van der Waals surface area (Å²) >= 11 is 0. The molecular weight excluding hydrogens is 266 g/mol. The van der Waals surface area contributed by atoms with E-state index in [0.717, 1.165) is 43.4 Å². The fourth-order valence-corrected chi connectivity index (χ4v) is 3.10. The number of pyridine rings is 1. The molecule has 2 heterocycles. The van der Waals surface area contributed by atoms with Gasteiger partial charge in [0.2, 0.25) is 5.91 Å². The van der Waals surface area contributed by atoms with Crippen molar-refractivity contribution < 1.29 is 9.53 Å². The molecule has 0 unspecified atom stereocenters. The Morgan fingerprint density at radius 3 is 3.00 bits per heavy atom. The Labute approximate surface area is 124 Å². The molecule has 1 aromatic rings. The van der Waals surface area contributed by atoms with E-state index in [0.29, 0.717) is 18.0 Å². The monoisotopic (exact) mass is 285 g/mol. The number of carbonyl (C=O) groups is 1. The molecule has 110 valence electrons. The largest absolute Gasteiger partial charge is 0.378 e. The van der Waals surface area contributed by atoms with Gasteiger partial charge in [0.15, 0.2) is 5.82 Å². The van der Waals surface area contributed by atoms with Crippen LogP contribution in [0.4, 0.5) is 5.82 Å². The predicted octanol–water partition coefficient (Wildman–Crippen LogP) is 2.20. The quantitative estimate of drug-likeness (QED) is 0.903. The zero-order valence-electron chi connectivity index (χ0n) is 12.2. The number of rotatable bonds is 2. The zero-order chi connectivity index (χ0) is 14.8. The van der Waals surface area contributed by atoms with Crippen LogP contribution in [0, 0.1) is 17.2 Å². The van der Waals surface area contributed by atoms with E-state index < -0.39 is 0 Å². The summed E-state index contributed by atoms with van der Waals surface area (Å²) in [4.78, 5) is 16.8. The van der Waals surface area contributed by atoms with Crippen LogP contribution in [0.3, 0.4) is 0 Å². The van der Waals surface area contributed by atoms with Gasteiger partial charge in [0, 0.05) is 12.3 Å². The molecule has 1 amide bonds. The van der Waals surface area contributed by atoms with Crippen LogP contribution in [0.1, 0.15) is 43.0 Å². The minimum absolute atomic E-state index is 0.0758. The third kappa shape index (κ3) is 2.77. The van der Waals surface area contributed by atoms with Crippen molar-refractivity contribution in [2.75, 3.05) is 11.9 Å². The number of aryl methyl sites for hydroxylation is 2. The lowest BCUT2D eigenvalue weighted by atomic mass is 9.95. The van der Waals surface area contributed by atoms with Crippen LogP contribution in [0.25, 0.3) is 0 Å². The molecule has 0 radical (unpaired) electrons. The molecule has 0 saturated carbocycles. The van der Waals surface area contributed by atoms with Gasteiger partial charge < -0.3 is 10.1 Å². The molecule has 1 saturated heterocycles. The summed E-state index contributed by atoms with van der Waals surface area (Å²) < 4.78 is 5.43. The number of nitrogens with one attached hydrogen (secondary N) is 1. The van der Waals surface area contributed by atoms with Crippen LogP contribution in [0.2, 0.25) is 0 Å². The molecule has 1 N–H and O–H groups in total. The fourth-order valence-electron chi connectivity index (χ4n) is 3.10. The molecule has 1 aliphatic carbocycles. The van der Waals surface area contributed by atoms with Crippen molar-refractivity contribution in [3.63, 3.8) is 0 Å². The summed E-state index contributed by atoms with van der Waals surface area (Å²) in [6, 6.07) is 4.03. The lowest BCUT2D eigenvalue weighted by Gasteiger charge is -2.18. The Hall–Kier alpha value is -1.93. The molecule has 0 spiro atoms. The fraction of sp³-hybridized carbons (Fsp3) is 0.562. The molecule has 0 aromatic carbocycles. The van der Waals surface area contributed by atoms with Crippen LogP contribution in [0.15, 0.2) is 6.07 Å². The van der Waals surface area contributed by atoms with Gasteiger partial charge >= 0.3 is 0 Å². The average molecular weight is 285 g/mol. The molecule has 3 rings (SSSR count). The Balaban J connectivity index is 1.84. The highest BCUT2D eigenvalue weighted by Crippen LogP contribution is 2.26. The first-order valence-electron chi connectivity index (χ1n) is 7.54. The summed E-state index contributed by atoms with van der Waals surface area (Å²) in [5, 5.41) is 12.1. The maximum absolute atomic E-state index is 12.3. The maximum atomic E-state index is 12.3. The van der Waals surface area contributed by atoms with Crippen molar-refractivity contribution in [1.82, 2.24) is 4.98 Å². The third-order valence-electron chi connectivity index (χ3n) is 4.38. The minimum atomic E-state index is -0.158. The summed E-state index contributed by atoms with van der Waals surface area (Å²) in [5.41, 5.74) is 2.62. The van der Waals surface area contributed by atoms with Crippen molar-refractivity contribution in [3.8, 4) is 6.07 Å². The predicted molar refractivity (Wildman–Crippen MR) is 77.7 cm³/mol. The van der Waals surface area contributed by atoms with Crippen molar-refractivity contribution in [2.24, 2.45) is 5.92 Å². The number of aromatic nitrogens is 1.